The van der Waals surface area contributed by atoms with E-state index in [9.17, 15) is 5.21 Å². The number of hydrogen-bond donors (Lipinski definition) is 0. The molecule has 0 saturated heterocycles. The van der Waals surface area contributed by atoms with E-state index in [4.69, 9.17) is 30.1 Å². The number of benzene rings is 1. The van der Waals surface area contributed by atoms with E-state index < -0.39 is 0 Å². The fourth-order valence-electron chi connectivity index (χ4n) is 5.33. The monoisotopic (exact) mass is 611 g/mol. The molecule has 0 amide bonds. The molecule has 2 aromatic rings. The fraction of sp³-hybridized carbons (Fsp3) is 0.649. The first-order chi connectivity index (χ1) is 21.6. The molecule has 0 aliphatic heterocycles. The zero-order valence-corrected chi connectivity index (χ0v) is 27.7. The van der Waals surface area contributed by atoms with Crippen LogP contribution >= 0.6 is 0 Å². The van der Waals surface area contributed by atoms with Crippen LogP contribution < -0.4 is 18.9 Å². The first-order valence-corrected chi connectivity index (χ1v) is 16.9. The lowest BCUT2D eigenvalue weighted by Crippen LogP contribution is -2.30. The molecule has 0 spiro atoms. The number of hydrogen-bond acceptors (Lipinski definition) is 6. The molecule has 2 rings (SSSR count). The summed E-state index contributed by atoms with van der Waals surface area (Å²) >= 11 is 0. The van der Waals surface area contributed by atoms with Crippen LogP contribution in [0.5, 0.6) is 17.2 Å². The van der Waals surface area contributed by atoms with Crippen LogP contribution in [0.4, 0.5) is 0 Å². The molecule has 1 heterocycles. The molecule has 246 valence electrons. The largest absolute Gasteiger partial charge is 0.618 e. The molecule has 0 unspecified atom stereocenters. The average Bonchev–Trinajstić information content (AvgIpc) is 3.03. The number of ether oxygens (including phenoxy) is 5. The lowest BCUT2D eigenvalue weighted by Gasteiger charge is -2.16. The lowest BCUT2D eigenvalue weighted by atomic mass is 10.0. The van der Waals surface area contributed by atoms with Gasteiger partial charge in [-0.25, -0.2) is 0 Å². The standard InChI is InChI=1S/C37H57NO6/c1-5-7-8-9-10-11-12-13-14-15-16-17-18-19-20-21-22-23-26-42-33-24-25-34(35(28-33)43-30-40-3)37-36(44-31-41-4)27-32(6-2)29-38(37)39/h2,24-25,27-29H,5,7-23,26,30-31H2,1,3-4H3. The number of nitrogens with zero attached hydrogens (tertiary/aromatic N) is 1. The lowest BCUT2D eigenvalue weighted by molar-refractivity contribution is -0.594. The minimum Gasteiger partial charge on any atom is -0.618 e. The van der Waals surface area contributed by atoms with Crippen molar-refractivity contribution in [1.29, 1.82) is 0 Å². The van der Waals surface area contributed by atoms with E-state index in [0.717, 1.165) is 12.8 Å². The Morgan fingerprint density at radius 2 is 1.16 bits per heavy atom. The van der Waals surface area contributed by atoms with Crippen molar-refractivity contribution in [3.05, 3.63) is 41.2 Å². The van der Waals surface area contributed by atoms with Gasteiger partial charge in [0.2, 0.25) is 0 Å². The highest BCUT2D eigenvalue weighted by Crippen LogP contribution is 2.37. The summed E-state index contributed by atoms with van der Waals surface area (Å²) in [6.07, 6.45) is 31.1. The van der Waals surface area contributed by atoms with Crippen LogP contribution in [-0.4, -0.2) is 34.4 Å². The number of terminal acetylenes is 1. The average molecular weight is 612 g/mol. The van der Waals surface area contributed by atoms with E-state index in [-0.39, 0.29) is 19.3 Å². The van der Waals surface area contributed by atoms with Crippen LogP contribution in [0.1, 0.15) is 128 Å². The number of aromatic nitrogens is 1. The highest BCUT2D eigenvalue weighted by atomic mass is 16.7. The van der Waals surface area contributed by atoms with Gasteiger partial charge in [-0.2, -0.15) is 4.73 Å². The molecule has 0 saturated carbocycles. The highest BCUT2D eigenvalue weighted by Gasteiger charge is 2.23. The molecule has 0 fully saturated rings. The van der Waals surface area contributed by atoms with Crippen molar-refractivity contribution < 1.29 is 28.4 Å². The topological polar surface area (TPSA) is 73.1 Å². The van der Waals surface area contributed by atoms with Crippen molar-refractivity contribution in [3.8, 4) is 40.8 Å². The molecule has 44 heavy (non-hydrogen) atoms. The van der Waals surface area contributed by atoms with Gasteiger partial charge in [0.15, 0.2) is 25.5 Å². The first kappa shape index (κ1) is 37.2. The fourth-order valence-corrected chi connectivity index (χ4v) is 5.33. The molecule has 0 N–H and O–H groups in total. The van der Waals surface area contributed by atoms with Crippen molar-refractivity contribution in [2.45, 2.75) is 122 Å². The van der Waals surface area contributed by atoms with Gasteiger partial charge in [-0.3, -0.25) is 0 Å². The van der Waals surface area contributed by atoms with E-state index in [1.807, 2.05) is 6.07 Å². The predicted molar refractivity (Wildman–Crippen MR) is 178 cm³/mol. The van der Waals surface area contributed by atoms with Crippen molar-refractivity contribution in [2.24, 2.45) is 0 Å². The summed E-state index contributed by atoms with van der Waals surface area (Å²) in [7, 11) is 3.05. The molecular weight excluding hydrogens is 554 g/mol. The number of rotatable bonds is 27. The van der Waals surface area contributed by atoms with Gasteiger partial charge in [0.05, 0.1) is 17.7 Å². The Kier molecular flexibility index (Phi) is 20.6. The third-order valence-corrected chi connectivity index (χ3v) is 7.80. The van der Waals surface area contributed by atoms with Crippen LogP contribution in [0.3, 0.4) is 0 Å². The van der Waals surface area contributed by atoms with E-state index in [1.165, 1.54) is 116 Å². The summed E-state index contributed by atoms with van der Waals surface area (Å²) in [5.41, 5.74) is 1.20. The van der Waals surface area contributed by atoms with Crippen molar-refractivity contribution >= 4 is 0 Å². The van der Waals surface area contributed by atoms with Gasteiger partial charge in [-0.1, -0.05) is 122 Å². The normalized spacial score (nSPS) is 11.0. The van der Waals surface area contributed by atoms with Crippen molar-refractivity contribution in [1.82, 2.24) is 0 Å². The molecule has 0 aliphatic carbocycles. The maximum absolute atomic E-state index is 12.9. The second kappa shape index (κ2) is 24.4. The molecular formula is C37H57NO6. The minimum atomic E-state index is -0.0319. The smallest absolute Gasteiger partial charge is 0.270 e. The Morgan fingerprint density at radius 1 is 0.659 bits per heavy atom. The van der Waals surface area contributed by atoms with Crippen LogP contribution in [0.2, 0.25) is 0 Å². The first-order valence-electron chi connectivity index (χ1n) is 16.9. The third kappa shape index (κ3) is 15.2. The number of methoxy groups -OCH3 is 2. The Bertz CT molecular complexity index is 1070. The number of unbranched alkanes of at least 4 members (excludes halogenated alkanes) is 17. The van der Waals surface area contributed by atoms with E-state index >= 15 is 0 Å². The molecule has 0 atom stereocenters. The van der Waals surface area contributed by atoms with E-state index in [1.54, 1.807) is 25.3 Å². The summed E-state index contributed by atoms with van der Waals surface area (Å²) < 4.78 is 28.3. The van der Waals surface area contributed by atoms with Crippen LogP contribution in [0, 0.1) is 17.6 Å². The van der Waals surface area contributed by atoms with Gasteiger partial charge in [-0.15, -0.1) is 6.42 Å². The highest BCUT2D eigenvalue weighted by molar-refractivity contribution is 5.72. The SMILES string of the molecule is C#Cc1cc(OCOC)c(-c2ccc(OCCCCCCCCCCCCCCCCCCCC)cc2OCOC)[n+]([O-])c1. The van der Waals surface area contributed by atoms with Gasteiger partial charge < -0.3 is 28.9 Å². The quantitative estimate of drug-likeness (QED) is 0.0329. The Hall–Kier alpha value is -2.95. The summed E-state index contributed by atoms with van der Waals surface area (Å²) in [5.74, 6) is 3.89. The summed E-state index contributed by atoms with van der Waals surface area (Å²) in [5, 5.41) is 12.9. The van der Waals surface area contributed by atoms with Crippen LogP contribution in [-0.2, 0) is 9.47 Å². The van der Waals surface area contributed by atoms with Gasteiger partial charge in [0.25, 0.3) is 5.69 Å². The zero-order valence-electron chi connectivity index (χ0n) is 27.7. The molecule has 1 aromatic carbocycles. The molecule has 7 nitrogen and oxygen atoms in total. The zero-order chi connectivity index (χ0) is 31.7. The second-order valence-corrected chi connectivity index (χ2v) is 11.5. The summed E-state index contributed by atoms with van der Waals surface area (Å²) in [6.45, 7) is 2.90. The van der Waals surface area contributed by atoms with Gasteiger partial charge in [-0.05, 0) is 18.6 Å². The van der Waals surface area contributed by atoms with E-state index in [0.29, 0.717) is 39.7 Å². The second-order valence-electron chi connectivity index (χ2n) is 11.5. The van der Waals surface area contributed by atoms with Gasteiger partial charge >= 0.3 is 0 Å². The third-order valence-electron chi connectivity index (χ3n) is 7.80. The summed E-state index contributed by atoms with van der Waals surface area (Å²) in [6, 6.07) is 7.03. The van der Waals surface area contributed by atoms with Crippen molar-refractivity contribution in [2.75, 3.05) is 34.4 Å². The summed E-state index contributed by atoms with van der Waals surface area (Å²) in [4.78, 5) is 0. The Balaban J connectivity index is 1.67. The van der Waals surface area contributed by atoms with Crippen LogP contribution in [0.15, 0.2) is 30.5 Å². The maximum Gasteiger partial charge on any atom is 0.270 e. The predicted octanol–water partition coefficient (Wildman–Crippen LogP) is 9.35. The Morgan fingerprint density at radius 3 is 1.66 bits per heavy atom. The van der Waals surface area contributed by atoms with Gasteiger partial charge in [0, 0.05) is 26.4 Å². The number of pyridine rings is 1. The Labute approximate surface area is 267 Å². The minimum absolute atomic E-state index is 0.0191. The molecule has 0 bridgehead atoms. The van der Waals surface area contributed by atoms with Gasteiger partial charge in [0.1, 0.15) is 11.5 Å². The molecule has 0 radical (unpaired) electrons. The molecule has 0 aliphatic rings. The van der Waals surface area contributed by atoms with Crippen LogP contribution in [0.25, 0.3) is 11.3 Å². The molecule has 7 heteroatoms. The maximum atomic E-state index is 12.9. The molecule has 1 aromatic heterocycles. The van der Waals surface area contributed by atoms with Crippen molar-refractivity contribution in [3.63, 3.8) is 0 Å². The van der Waals surface area contributed by atoms with E-state index in [2.05, 4.69) is 12.8 Å².